The van der Waals surface area contributed by atoms with Crippen LogP contribution >= 0.6 is 15.9 Å². The van der Waals surface area contributed by atoms with E-state index in [0.29, 0.717) is 12.1 Å². The summed E-state index contributed by atoms with van der Waals surface area (Å²) in [6.45, 7) is 2.45. The normalized spacial score (nSPS) is 10.8. The number of hydrogen-bond donors (Lipinski definition) is 2. The van der Waals surface area contributed by atoms with Crippen molar-refractivity contribution in [1.82, 2.24) is 9.55 Å². The Bertz CT molecular complexity index is 732. The lowest BCUT2D eigenvalue weighted by Gasteiger charge is -2.11. The quantitative estimate of drug-likeness (QED) is 0.812. The number of aromatic hydroxyl groups is 1. The average Bonchev–Trinajstić information content (AvgIpc) is 2.44. The summed E-state index contributed by atoms with van der Waals surface area (Å²) in [5.41, 5.74) is -0.458. The van der Waals surface area contributed by atoms with Crippen LogP contribution in [0.5, 0.6) is 5.88 Å². The summed E-state index contributed by atoms with van der Waals surface area (Å²) in [6.07, 6.45) is 2.74. The Balaban J connectivity index is 2.51. The first-order chi connectivity index (χ1) is 10.0. The first kappa shape index (κ1) is 15.6. The molecule has 21 heavy (non-hydrogen) atoms. The number of aromatic nitrogens is 2. The molecule has 0 fully saturated rings. The molecule has 6 heteroatoms. The SMILES string of the molecule is CCCCCn1c(O)c(-c2ccc(Br)cc2)c(=O)[nH]c1=O. The Morgan fingerprint density at radius 2 is 1.86 bits per heavy atom. The summed E-state index contributed by atoms with van der Waals surface area (Å²) in [4.78, 5) is 26.1. The molecule has 1 aromatic heterocycles. The van der Waals surface area contributed by atoms with Crippen molar-refractivity contribution in [2.24, 2.45) is 0 Å². The molecule has 1 aromatic carbocycles. The molecule has 1 heterocycles. The number of aromatic amines is 1. The molecule has 2 rings (SSSR count). The van der Waals surface area contributed by atoms with Gasteiger partial charge in [0.1, 0.15) is 5.56 Å². The predicted octanol–water partition coefficient (Wildman–Crippen LogP) is 2.86. The van der Waals surface area contributed by atoms with Crippen molar-refractivity contribution in [3.8, 4) is 17.0 Å². The zero-order valence-corrected chi connectivity index (χ0v) is 13.3. The molecular weight excluding hydrogens is 336 g/mol. The fraction of sp³-hybridized carbons (Fsp3) is 0.333. The molecule has 2 aromatic rings. The summed E-state index contributed by atoms with van der Waals surface area (Å²) in [7, 11) is 0. The fourth-order valence-electron chi connectivity index (χ4n) is 2.16. The lowest BCUT2D eigenvalue weighted by molar-refractivity contribution is 0.396. The van der Waals surface area contributed by atoms with E-state index < -0.39 is 11.2 Å². The standard InChI is InChI=1S/C15H17BrN2O3/c1-2-3-4-9-18-14(20)12(13(19)17-15(18)21)10-5-7-11(16)8-6-10/h5-8,20H,2-4,9H2,1H3,(H,17,19,21). The summed E-state index contributed by atoms with van der Waals surface area (Å²) in [5, 5.41) is 10.3. The van der Waals surface area contributed by atoms with Crippen molar-refractivity contribution in [1.29, 1.82) is 0 Å². The Morgan fingerprint density at radius 1 is 1.19 bits per heavy atom. The van der Waals surface area contributed by atoms with E-state index in [2.05, 4.69) is 27.8 Å². The third-order valence-corrected chi connectivity index (χ3v) is 3.82. The van der Waals surface area contributed by atoms with Gasteiger partial charge in [0, 0.05) is 11.0 Å². The lowest BCUT2D eigenvalue weighted by Crippen LogP contribution is -2.31. The molecule has 0 amide bonds. The molecule has 0 spiro atoms. The van der Waals surface area contributed by atoms with E-state index in [1.165, 1.54) is 4.57 Å². The van der Waals surface area contributed by atoms with Crippen molar-refractivity contribution in [2.45, 2.75) is 32.7 Å². The largest absolute Gasteiger partial charge is 0.494 e. The minimum atomic E-state index is -0.577. The van der Waals surface area contributed by atoms with Crippen LogP contribution in [0.2, 0.25) is 0 Å². The zero-order chi connectivity index (χ0) is 15.4. The Morgan fingerprint density at radius 3 is 2.48 bits per heavy atom. The van der Waals surface area contributed by atoms with Crippen LogP contribution < -0.4 is 11.2 Å². The number of rotatable bonds is 5. The smallest absolute Gasteiger partial charge is 0.331 e. The summed E-state index contributed by atoms with van der Waals surface area (Å²) >= 11 is 3.32. The molecule has 0 aliphatic carbocycles. The van der Waals surface area contributed by atoms with Crippen molar-refractivity contribution < 1.29 is 5.11 Å². The Kier molecular flexibility index (Phi) is 5.01. The van der Waals surface area contributed by atoms with Gasteiger partial charge in [-0.2, -0.15) is 0 Å². The van der Waals surface area contributed by atoms with E-state index in [9.17, 15) is 14.7 Å². The van der Waals surface area contributed by atoms with Gasteiger partial charge >= 0.3 is 5.69 Å². The molecule has 0 bridgehead atoms. The second-order valence-corrected chi connectivity index (χ2v) is 5.74. The summed E-state index contributed by atoms with van der Waals surface area (Å²) in [5.74, 6) is -0.276. The van der Waals surface area contributed by atoms with Gasteiger partial charge in [0.05, 0.1) is 0 Å². The van der Waals surface area contributed by atoms with Crippen LogP contribution in [0.3, 0.4) is 0 Å². The van der Waals surface area contributed by atoms with Crippen molar-refractivity contribution in [3.63, 3.8) is 0 Å². The van der Waals surface area contributed by atoms with Gasteiger partial charge < -0.3 is 5.11 Å². The predicted molar refractivity (Wildman–Crippen MR) is 85.6 cm³/mol. The molecule has 112 valence electrons. The van der Waals surface area contributed by atoms with Crippen molar-refractivity contribution in [3.05, 3.63) is 49.6 Å². The van der Waals surface area contributed by atoms with E-state index >= 15 is 0 Å². The highest BCUT2D eigenvalue weighted by atomic mass is 79.9. The van der Waals surface area contributed by atoms with E-state index in [1.54, 1.807) is 24.3 Å². The maximum Gasteiger partial charge on any atom is 0.331 e. The zero-order valence-electron chi connectivity index (χ0n) is 11.7. The number of hydrogen-bond acceptors (Lipinski definition) is 3. The van der Waals surface area contributed by atoms with E-state index in [-0.39, 0.29) is 11.4 Å². The average molecular weight is 353 g/mol. The van der Waals surface area contributed by atoms with Gasteiger partial charge in [-0.25, -0.2) is 4.79 Å². The van der Waals surface area contributed by atoms with Crippen LogP contribution in [0, 0.1) is 0 Å². The molecule has 0 saturated carbocycles. The molecule has 0 radical (unpaired) electrons. The maximum absolute atomic E-state index is 12.0. The van der Waals surface area contributed by atoms with Gasteiger partial charge in [-0.3, -0.25) is 14.3 Å². The van der Waals surface area contributed by atoms with E-state index in [4.69, 9.17) is 0 Å². The first-order valence-corrected chi connectivity index (χ1v) is 7.66. The first-order valence-electron chi connectivity index (χ1n) is 6.86. The van der Waals surface area contributed by atoms with Gasteiger partial charge in [0.2, 0.25) is 5.88 Å². The molecule has 2 N–H and O–H groups in total. The van der Waals surface area contributed by atoms with Crippen LogP contribution in [-0.4, -0.2) is 14.7 Å². The summed E-state index contributed by atoms with van der Waals surface area (Å²) in [6, 6.07) is 6.99. The molecule has 0 aliphatic heterocycles. The second kappa shape index (κ2) is 6.76. The fourth-order valence-corrected chi connectivity index (χ4v) is 2.43. The minimum absolute atomic E-state index is 0.124. The third kappa shape index (κ3) is 3.44. The van der Waals surface area contributed by atoms with Crippen LogP contribution in [0.15, 0.2) is 38.3 Å². The highest BCUT2D eigenvalue weighted by molar-refractivity contribution is 9.10. The number of unbranched alkanes of at least 4 members (excludes halogenated alkanes) is 2. The second-order valence-electron chi connectivity index (χ2n) is 4.82. The Labute approximate surface area is 130 Å². The van der Waals surface area contributed by atoms with E-state index in [0.717, 1.165) is 23.7 Å². The molecule has 0 saturated heterocycles. The highest BCUT2D eigenvalue weighted by Gasteiger charge is 2.15. The van der Waals surface area contributed by atoms with Crippen LogP contribution in [-0.2, 0) is 6.54 Å². The summed E-state index contributed by atoms with van der Waals surface area (Å²) < 4.78 is 2.09. The third-order valence-electron chi connectivity index (χ3n) is 3.29. The molecule has 0 aliphatic rings. The van der Waals surface area contributed by atoms with Gasteiger partial charge in [-0.05, 0) is 24.1 Å². The van der Waals surface area contributed by atoms with Crippen molar-refractivity contribution in [2.75, 3.05) is 0 Å². The lowest BCUT2D eigenvalue weighted by atomic mass is 10.1. The molecule has 0 atom stereocenters. The van der Waals surface area contributed by atoms with Crippen molar-refractivity contribution >= 4 is 15.9 Å². The van der Waals surface area contributed by atoms with E-state index in [1.807, 2.05) is 0 Å². The topological polar surface area (TPSA) is 75.1 Å². The van der Waals surface area contributed by atoms with Gasteiger partial charge in [-0.15, -0.1) is 0 Å². The van der Waals surface area contributed by atoms with Crippen LogP contribution in [0.4, 0.5) is 0 Å². The number of halogens is 1. The van der Waals surface area contributed by atoms with Gasteiger partial charge in [0.15, 0.2) is 0 Å². The highest BCUT2D eigenvalue weighted by Crippen LogP contribution is 2.25. The van der Waals surface area contributed by atoms with Gasteiger partial charge in [0.25, 0.3) is 5.56 Å². The molecular formula is C15H17BrN2O3. The Hall–Kier alpha value is -1.82. The maximum atomic E-state index is 12.0. The van der Waals surface area contributed by atoms with Crippen LogP contribution in [0.1, 0.15) is 26.2 Å². The number of nitrogens with zero attached hydrogens (tertiary/aromatic N) is 1. The number of nitrogens with one attached hydrogen (secondary N) is 1. The van der Waals surface area contributed by atoms with Crippen LogP contribution in [0.25, 0.3) is 11.1 Å². The molecule has 0 unspecified atom stereocenters. The molecule has 5 nitrogen and oxygen atoms in total. The minimum Gasteiger partial charge on any atom is -0.494 e. The number of H-pyrrole nitrogens is 1. The number of benzene rings is 1. The monoisotopic (exact) mass is 352 g/mol. The van der Waals surface area contributed by atoms with Gasteiger partial charge in [-0.1, -0.05) is 47.8 Å².